The smallest absolute Gasteiger partial charge is 0.410 e. The van der Waals surface area contributed by atoms with Gasteiger partial charge in [0.2, 0.25) is 10.0 Å². The molecule has 2 aliphatic rings. The van der Waals surface area contributed by atoms with Crippen LogP contribution in [0.1, 0.15) is 26.3 Å². The summed E-state index contributed by atoms with van der Waals surface area (Å²) in [7, 11) is -3.63. The summed E-state index contributed by atoms with van der Waals surface area (Å²) >= 11 is 0. The van der Waals surface area contributed by atoms with E-state index >= 15 is 0 Å². The molecule has 29 heavy (non-hydrogen) atoms. The fraction of sp³-hybridized carbons (Fsp3) is 0.524. The molecule has 3 heterocycles. The maximum Gasteiger partial charge on any atom is 0.410 e. The average molecular weight is 418 g/mol. The number of ether oxygens (including phenoxy) is 1. The average Bonchev–Trinajstić information content (AvgIpc) is 3.19. The number of aromatic nitrogens is 1. The van der Waals surface area contributed by atoms with Crippen LogP contribution in [0.25, 0.3) is 10.8 Å². The molecule has 0 aliphatic carbocycles. The second-order valence-electron chi connectivity index (χ2n) is 9.04. The zero-order valence-electron chi connectivity index (χ0n) is 17.3. The van der Waals surface area contributed by atoms with E-state index in [0.717, 1.165) is 16.3 Å². The monoisotopic (exact) mass is 417 g/mol. The van der Waals surface area contributed by atoms with Crippen molar-refractivity contribution < 1.29 is 17.9 Å². The van der Waals surface area contributed by atoms with Crippen molar-refractivity contribution in [3.8, 4) is 0 Å². The number of amides is 1. The number of likely N-dealkylation sites (tertiary alicyclic amines) is 1. The van der Waals surface area contributed by atoms with E-state index in [4.69, 9.17) is 4.74 Å². The Hall–Kier alpha value is -2.19. The van der Waals surface area contributed by atoms with Gasteiger partial charge in [0.05, 0.1) is 4.90 Å². The van der Waals surface area contributed by atoms with E-state index in [2.05, 4.69) is 4.98 Å². The molecule has 156 valence electrons. The molecule has 0 N–H and O–H groups in total. The maximum absolute atomic E-state index is 13.4. The van der Waals surface area contributed by atoms with E-state index in [1.165, 1.54) is 0 Å². The molecule has 2 atom stereocenters. The van der Waals surface area contributed by atoms with Gasteiger partial charge in [0.15, 0.2) is 0 Å². The summed E-state index contributed by atoms with van der Waals surface area (Å²) in [4.78, 5) is 18.6. The van der Waals surface area contributed by atoms with Crippen LogP contribution < -0.4 is 0 Å². The molecular formula is C21H27N3O4S. The van der Waals surface area contributed by atoms with Crippen molar-refractivity contribution in [1.29, 1.82) is 0 Å². The van der Waals surface area contributed by atoms with Gasteiger partial charge in [-0.2, -0.15) is 4.31 Å². The highest BCUT2D eigenvalue weighted by Gasteiger charge is 2.46. The van der Waals surface area contributed by atoms with E-state index in [9.17, 15) is 13.2 Å². The maximum atomic E-state index is 13.4. The van der Waals surface area contributed by atoms with Gasteiger partial charge in [-0.25, -0.2) is 13.2 Å². The molecule has 0 spiro atoms. The number of nitrogens with zero attached hydrogens (tertiary/aromatic N) is 3. The first-order valence-corrected chi connectivity index (χ1v) is 11.3. The summed E-state index contributed by atoms with van der Waals surface area (Å²) in [5.74, 6) is 0.269. The zero-order valence-corrected chi connectivity index (χ0v) is 18.1. The lowest BCUT2D eigenvalue weighted by molar-refractivity contribution is 0.0279. The summed E-state index contributed by atoms with van der Waals surface area (Å²) in [5, 5.41) is 1.55. The van der Waals surface area contributed by atoms with Crippen molar-refractivity contribution in [1.82, 2.24) is 14.2 Å². The van der Waals surface area contributed by atoms with Gasteiger partial charge < -0.3 is 9.64 Å². The molecule has 2 aromatic rings. The lowest BCUT2D eigenvalue weighted by Crippen LogP contribution is -2.38. The van der Waals surface area contributed by atoms with E-state index in [-0.39, 0.29) is 17.9 Å². The van der Waals surface area contributed by atoms with Crippen molar-refractivity contribution >= 4 is 26.9 Å². The lowest BCUT2D eigenvalue weighted by atomic mass is 10.0. The predicted octanol–water partition coefficient (Wildman–Crippen LogP) is 3.03. The third-order valence-corrected chi connectivity index (χ3v) is 7.53. The molecular weight excluding hydrogens is 390 g/mol. The lowest BCUT2D eigenvalue weighted by Gasteiger charge is -2.26. The van der Waals surface area contributed by atoms with Gasteiger partial charge in [0, 0.05) is 49.3 Å². The summed E-state index contributed by atoms with van der Waals surface area (Å²) in [5.41, 5.74) is 0.308. The number of benzene rings is 1. The quantitative estimate of drug-likeness (QED) is 0.750. The Balaban J connectivity index is 1.54. The van der Waals surface area contributed by atoms with Crippen LogP contribution in [0.3, 0.4) is 0 Å². The Bertz CT molecular complexity index is 1040. The Labute approximate surface area is 171 Å². The molecule has 0 saturated carbocycles. The molecule has 1 aromatic heterocycles. The molecule has 2 saturated heterocycles. The molecule has 0 bridgehead atoms. The number of rotatable bonds is 2. The highest BCUT2D eigenvalue weighted by atomic mass is 32.2. The van der Waals surface area contributed by atoms with Crippen LogP contribution in [0.15, 0.2) is 35.5 Å². The van der Waals surface area contributed by atoms with Crippen molar-refractivity contribution in [3.63, 3.8) is 0 Å². The first-order chi connectivity index (χ1) is 13.6. The number of pyridine rings is 1. The van der Waals surface area contributed by atoms with Gasteiger partial charge in [-0.3, -0.25) is 4.98 Å². The van der Waals surface area contributed by atoms with Gasteiger partial charge in [-0.15, -0.1) is 0 Å². The SMILES string of the molecule is Cc1cncc2cccc(S(=O)(=O)N3CC4CN(C(=O)OC(C)(C)C)CC4C3)c12. The Morgan fingerprint density at radius 2 is 1.76 bits per heavy atom. The number of sulfonamides is 1. The van der Waals surface area contributed by atoms with Gasteiger partial charge in [0.25, 0.3) is 0 Å². The van der Waals surface area contributed by atoms with Crippen LogP contribution >= 0.6 is 0 Å². The second kappa shape index (κ2) is 6.95. The molecule has 2 aliphatic heterocycles. The Morgan fingerprint density at radius 3 is 2.38 bits per heavy atom. The van der Waals surface area contributed by atoms with Crippen LogP contribution in [-0.2, 0) is 14.8 Å². The summed E-state index contributed by atoms with van der Waals surface area (Å²) in [6.45, 7) is 9.33. The van der Waals surface area contributed by atoms with Crippen molar-refractivity contribution in [2.75, 3.05) is 26.2 Å². The fourth-order valence-corrected chi connectivity index (χ4v) is 6.19. The first kappa shape index (κ1) is 20.1. The molecule has 0 radical (unpaired) electrons. The van der Waals surface area contributed by atoms with Crippen LogP contribution in [0.5, 0.6) is 0 Å². The van der Waals surface area contributed by atoms with E-state index in [1.807, 2.05) is 33.8 Å². The van der Waals surface area contributed by atoms with E-state index < -0.39 is 15.6 Å². The third-order valence-electron chi connectivity index (χ3n) is 5.66. The fourth-order valence-electron chi connectivity index (χ4n) is 4.35. The van der Waals surface area contributed by atoms with Gasteiger partial charge in [0.1, 0.15) is 5.60 Å². The predicted molar refractivity (Wildman–Crippen MR) is 110 cm³/mol. The molecule has 1 amide bonds. The zero-order chi connectivity index (χ0) is 21.0. The minimum Gasteiger partial charge on any atom is -0.444 e. The number of fused-ring (bicyclic) bond motifs is 2. The minimum atomic E-state index is -3.63. The third kappa shape index (κ3) is 3.71. The number of carbonyl (C=O) groups is 1. The van der Waals surface area contributed by atoms with Crippen LogP contribution in [0.2, 0.25) is 0 Å². The van der Waals surface area contributed by atoms with Gasteiger partial charge >= 0.3 is 6.09 Å². The van der Waals surface area contributed by atoms with Crippen LogP contribution in [0, 0.1) is 18.8 Å². The normalized spacial score (nSPS) is 22.8. The van der Waals surface area contributed by atoms with E-state index in [0.29, 0.717) is 31.1 Å². The Morgan fingerprint density at radius 1 is 1.10 bits per heavy atom. The minimum absolute atomic E-state index is 0.134. The summed E-state index contributed by atoms with van der Waals surface area (Å²) < 4.78 is 33.9. The van der Waals surface area contributed by atoms with E-state index in [1.54, 1.807) is 33.7 Å². The van der Waals surface area contributed by atoms with Crippen molar-refractivity contribution in [2.24, 2.45) is 11.8 Å². The Kier molecular flexibility index (Phi) is 4.82. The topological polar surface area (TPSA) is 79.8 Å². The molecule has 2 unspecified atom stereocenters. The first-order valence-electron chi connectivity index (χ1n) is 9.88. The van der Waals surface area contributed by atoms with Gasteiger partial charge in [-0.05, 0) is 51.2 Å². The molecule has 7 nitrogen and oxygen atoms in total. The van der Waals surface area contributed by atoms with Crippen molar-refractivity contribution in [3.05, 3.63) is 36.2 Å². The molecule has 1 aromatic carbocycles. The highest BCUT2D eigenvalue weighted by molar-refractivity contribution is 7.89. The second-order valence-corrected chi connectivity index (χ2v) is 10.9. The van der Waals surface area contributed by atoms with Gasteiger partial charge in [-0.1, -0.05) is 12.1 Å². The molecule has 4 rings (SSSR count). The molecule has 2 fully saturated rings. The highest BCUT2D eigenvalue weighted by Crippen LogP contribution is 2.36. The number of hydrogen-bond donors (Lipinski definition) is 0. The summed E-state index contributed by atoms with van der Waals surface area (Å²) in [6, 6.07) is 5.31. The van der Waals surface area contributed by atoms with Crippen LogP contribution in [0.4, 0.5) is 4.79 Å². The molecule has 8 heteroatoms. The number of hydrogen-bond acceptors (Lipinski definition) is 5. The van der Waals surface area contributed by atoms with Crippen molar-refractivity contribution in [2.45, 2.75) is 38.2 Å². The standard InChI is InChI=1S/C21H27N3O4S/c1-14-8-22-9-15-6-5-7-18(19(14)15)29(26,27)24-12-16-10-23(11-17(16)13-24)20(25)28-21(2,3)4/h5-9,16-17H,10-13H2,1-4H3. The van der Waals surface area contributed by atoms with Crippen LogP contribution in [-0.4, -0.2) is 60.5 Å². The number of aryl methyl sites for hydroxylation is 1. The largest absolute Gasteiger partial charge is 0.444 e. The summed E-state index contributed by atoms with van der Waals surface area (Å²) in [6.07, 6.45) is 3.07. The number of carbonyl (C=O) groups excluding carboxylic acids is 1.